The fourth-order valence-electron chi connectivity index (χ4n) is 2.56. The average Bonchev–Trinajstić information content (AvgIpc) is 2.67. The smallest absolute Gasteiger partial charge is 0.260 e. The summed E-state index contributed by atoms with van der Waals surface area (Å²) in [4.78, 5) is 25.8. The van der Waals surface area contributed by atoms with Gasteiger partial charge in [-0.1, -0.05) is 26.0 Å². The summed E-state index contributed by atoms with van der Waals surface area (Å²) in [5.74, 6) is 1.23. The number of benzene rings is 2. The van der Waals surface area contributed by atoms with E-state index in [0.717, 1.165) is 11.1 Å². The van der Waals surface area contributed by atoms with Crippen molar-refractivity contribution in [2.24, 2.45) is 0 Å². The number of amides is 2. The Morgan fingerprint density at radius 1 is 1.11 bits per heavy atom. The summed E-state index contributed by atoms with van der Waals surface area (Å²) in [6.07, 6.45) is 0. The largest absolute Gasteiger partial charge is 0.497 e. The maximum atomic E-state index is 12.3. The van der Waals surface area contributed by atoms with Gasteiger partial charge in [-0.15, -0.1) is 0 Å². The maximum absolute atomic E-state index is 12.3. The number of carbonyl (C=O) groups is 2. The number of aryl methyl sites for hydroxylation is 1. The minimum atomic E-state index is -0.279. The molecule has 0 saturated heterocycles. The second-order valence-corrected chi connectivity index (χ2v) is 6.99. The van der Waals surface area contributed by atoms with Crippen LogP contribution in [0, 0.1) is 6.92 Å². The van der Waals surface area contributed by atoms with Crippen LogP contribution in [0.3, 0.4) is 0 Å². The molecule has 0 radical (unpaired) electrons. The van der Waals surface area contributed by atoms with E-state index >= 15 is 0 Å². The Labute approximate surface area is 166 Å². The predicted octanol–water partition coefficient (Wildman–Crippen LogP) is 3.60. The van der Waals surface area contributed by atoms with E-state index in [4.69, 9.17) is 9.47 Å². The third kappa shape index (κ3) is 6.01. The van der Waals surface area contributed by atoms with Gasteiger partial charge in [0.25, 0.3) is 5.91 Å². The highest BCUT2D eigenvalue weighted by atomic mass is 16.5. The lowest BCUT2D eigenvalue weighted by Gasteiger charge is -2.18. The summed E-state index contributed by atoms with van der Waals surface area (Å²) in [7, 11) is 3.16. The molecule has 0 heterocycles. The van der Waals surface area contributed by atoms with Crippen LogP contribution in [-0.2, 0) is 9.59 Å². The third-order valence-electron chi connectivity index (χ3n) is 4.41. The Kier molecular flexibility index (Phi) is 7.44. The summed E-state index contributed by atoms with van der Waals surface area (Å²) < 4.78 is 10.8. The first kappa shape index (κ1) is 21.3. The van der Waals surface area contributed by atoms with Gasteiger partial charge in [-0.2, -0.15) is 0 Å². The topological polar surface area (TPSA) is 67.9 Å². The van der Waals surface area contributed by atoms with Gasteiger partial charge in [-0.05, 0) is 54.3 Å². The van der Waals surface area contributed by atoms with Crippen LogP contribution >= 0.6 is 0 Å². The molecule has 0 unspecified atom stereocenters. The third-order valence-corrected chi connectivity index (χ3v) is 4.41. The zero-order valence-electron chi connectivity index (χ0n) is 17.1. The van der Waals surface area contributed by atoms with Crippen LogP contribution in [0.1, 0.15) is 30.9 Å². The molecule has 0 fully saturated rings. The molecule has 0 saturated carbocycles. The molecule has 28 heavy (non-hydrogen) atoms. The van der Waals surface area contributed by atoms with E-state index in [-0.39, 0.29) is 25.0 Å². The van der Waals surface area contributed by atoms with Crippen LogP contribution in [0.5, 0.6) is 11.5 Å². The van der Waals surface area contributed by atoms with Crippen molar-refractivity contribution in [2.75, 3.05) is 32.6 Å². The molecule has 0 aliphatic carbocycles. The van der Waals surface area contributed by atoms with Crippen LogP contribution in [0.2, 0.25) is 0 Å². The van der Waals surface area contributed by atoms with E-state index in [2.05, 4.69) is 25.2 Å². The second-order valence-electron chi connectivity index (χ2n) is 6.99. The summed E-state index contributed by atoms with van der Waals surface area (Å²) >= 11 is 0. The van der Waals surface area contributed by atoms with Crippen molar-refractivity contribution in [3.05, 3.63) is 53.6 Å². The molecule has 0 bridgehead atoms. The van der Waals surface area contributed by atoms with E-state index < -0.39 is 0 Å². The number of nitrogens with zero attached hydrogens (tertiary/aromatic N) is 1. The van der Waals surface area contributed by atoms with Crippen LogP contribution in [-0.4, -0.2) is 44.0 Å². The van der Waals surface area contributed by atoms with E-state index in [1.165, 1.54) is 4.90 Å². The van der Waals surface area contributed by atoms with E-state index in [0.29, 0.717) is 23.1 Å². The fraction of sp³-hybridized carbons (Fsp3) is 0.364. The molecular formula is C22H28N2O4. The number of hydrogen-bond donors (Lipinski definition) is 1. The van der Waals surface area contributed by atoms with Gasteiger partial charge in [0.15, 0.2) is 6.61 Å². The Bertz CT molecular complexity index is 816. The monoisotopic (exact) mass is 384 g/mol. The minimum absolute atomic E-state index is 0.0563. The number of carbonyl (C=O) groups excluding carboxylic acids is 2. The molecule has 0 aliphatic rings. The SMILES string of the molecule is COc1ccc(NC(=O)CN(C)C(=O)COc2cc(C(C)C)ccc2C)cc1. The zero-order valence-corrected chi connectivity index (χ0v) is 17.1. The highest BCUT2D eigenvalue weighted by Crippen LogP contribution is 2.24. The van der Waals surface area contributed by atoms with Crippen molar-refractivity contribution in [2.45, 2.75) is 26.7 Å². The van der Waals surface area contributed by atoms with E-state index in [1.807, 2.05) is 19.1 Å². The van der Waals surface area contributed by atoms with Crippen LogP contribution in [0.4, 0.5) is 5.69 Å². The number of anilines is 1. The highest BCUT2D eigenvalue weighted by Gasteiger charge is 2.15. The molecule has 6 nitrogen and oxygen atoms in total. The van der Waals surface area contributed by atoms with Crippen LogP contribution in [0.25, 0.3) is 0 Å². The number of hydrogen-bond acceptors (Lipinski definition) is 4. The molecule has 150 valence electrons. The summed E-state index contributed by atoms with van der Waals surface area (Å²) in [6.45, 7) is 5.98. The Morgan fingerprint density at radius 2 is 1.79 bits per heavy atom. The number of likely N-dealkylation sites (N-methyl/N-ethyl adjacent to an activating group) is 1. The summed E-state index contributed by atoms with van der Waals surface area (Å²) in [5, 5.41) is 2.75. The lowest BCUT2D eigenvalue weighted by Crippen LogP contribution is -2.37. The van der Waals surface area contributed by atoms with Crippen molar-refractivity contribution < 1.29 is 19.1 Å². The highest BCUT2D eigenvalue weighted by molar-refractivity contribution is 5.94. The van der Waals surface area contributed by atoms with Crippen molar-refractivity contribution >= 4 is 17.5 Å². The lowest BCUT2D eigenvalue weighted by atomic mass is 10.0. The quantitative estimate of drug-likeness (QED) is 0.755. The van der Waals surface area contributed by atoms with Crippen molar-refractivity contribution in [3.8, 4) is 11.5 Å². The molecule has 2 amide bonds. The van der Waals surface area contributed by atoms with Crippen molar-refractivity contribution in [1.29, 1.82) is 0 Å². The predicted molar refractivity (Wildman–Crippen MR) is 110 cm³/mol. The van der Waals surface area contributed by atoms with Crippen molar-refractivity contribution in [1.82, 2.24) is 4.90 Å². The molecule has 1 N–H and O–H groups in total. The van der Waals surface area contributed by atoms with Gasteiger partial charge in [-0.3, -0.25) is 9.59 Å². The molecule has 6 heteroatoms. The lowest BCUT2D eigenvalue weighted by molar-refractivity contribution is -0.135. The van der Waals surface area contributed by atoms with Gasteiger partial charge < -0.3 is 19.7 Å². The average molecular weight is 384 g/mol. The molecule has 2 rings (SSSR count). The number of methoxy groups -OCH3 is 1. The van der Waals surface area contributed by atoms with Gasteiger partial charge in [0.2, 0.25) is 5.91 Å². The van der Waals surface area contributed by atoms with Gasteiger partial charge in [-0.25, -0.2) is 0 Å². The normalized spacial score (nSPS) is 10.5. The summed E-state index contributed by atoms with van der Waals surface area (Å²) in [5.41, 5.74) is 2.77. The molecule has 0 spiro atoms. The Hall–Kier alpha value is -3.02. The standard InChI is InChI=1S/C22H28N2O4/c1-15(2)17-7-6-16(3)20(12-17)28-14-22(26)24(4)13-21(25)23-18-8-10-19(27-5)11-9-18/h6-12,15H,13-14H2,1-5H3,(H,23,25). The van der Waals surface area contributed by atoms with Crippen LogP contribution in [0.15, 0.2) is 42.5 Å². The second kappa shape index (κ2) is 9.78. The molecule has 0 atom stereocenters. The molecule has 0 aliphatic heterocycles. The molecule has 2 aromatic carbocycles. The minimum Gasteiger partial charge on any atom is -0.497 e. The maximum Gasteiger partial charge on any atom is 0.260 e. The van der Waals surface area contributed by atoms with E-state index in [1.54, 1.807) is 38.4 Å². The fourth-order valence-corrected chi connectivity index (χ4v) is 2.56. The first-order valence-electron chi connectivity index (χ1n) is 9.21. The number of ether oxygens (including phenoxy) is 2. The summed E-state index contributed by atoms with van der Waals surface area (Å²) in [6, 6.07) is 13.0. The number of rotatable bonds is 8. The van der Waals surface area contributed by atoms with E-state index in [9.17, 15) is 9.59 Å². The van der Waals surface area contributed by atoms with Gasteiger partial charge >= 0.3 is 0 Å². The van der Waals surface area contributed by atoms with Gasteiger partial charge in [0.1, 0.15) is 11.5 Å². The molecule has 0 aromatic heterocycles. The number of nitrogens with one attached hydrogen (secondary N) is 1. The van der Waals surface area contributed by atoms with Crippen LogP contribution < -0.4 is 14.8 Å². The Morgan fingerprint density at radius 3 is 2.39 bits per heavy atom. The first-order valence-corrected chi connectivity index (χ1v) is 9.21. The Balaban J connectivity index is 1.86. The molecular weight excluding hydrogens is 356 g/mol. The van der Waals surface area contributed by atoms with Gasteiger partial charge in [0, 0.05) is 12.7 Å². The van der Waals surface area contributed by atoms with Crippen molar-refractivity contribution in [3.63, 3.8) is 0 Å². The zero-order chi connectivity index (χ0) is 20.7. The van der Waals surface area contributed by atoms with Gasteiger partial charge in [0.05, 0.1) is 13.7 Å². The first-order chi connectivity index (χ1) is 13.3. The molecule has 2 aromatic rings.